The first-order valence-electron chi connectivity index (χ1n) is 7.45. The summed E-state index contributed by atoms with van der Waals surface area (Å²) < 4.78 is 0. The van der Waals surface area contributed by atoms with Crippen molar-refractivity contribution in [2.24, 2.45) is 10.8 Å². The molecule has 0 saturated heterocycles. The summed E-state index contributed by atoms with van der Waals surface area (Å²) in [6.07, 6.45) is 9.41. The lowest BCUT2D eigenvalue weighted by molar-refractivity contribution is -0.138. The molecule has 0 amide bonds. The van der Waals surface area contributed by atoms with E-state index in [1.54, 1.807) is 0 Å². The molecule has 1 saturated carbocycles. The van der Waals surface area contributed by atoms with Crippen LogP contribution in [-0.2, 0) is 4.79 Å². The van der Waals surface area contributed by atoms with Crippen molar-refractivity contribution in [2.75, 3.05) is 0 Å². The van der Waals surface area contributed by atoms with Gasteiger partial charge in [-0.2, -0.15) is 5.26 Å². The van der Waals surface area contributed by atoms with Crippen LogP contribution in [0.5, 0.6) is 0 Å². The Balaban J connectivity index is 2.57. The maximum Gasteiger partial charge on any atom is 0.158 e. The van der Waals surface area contributed by atoms with Gasteiger partial charge in [0.05, 0.1) is 6.07 Å². The van der Waals surface area contributed by atoms with Crippen LogP contribution in [0.4, 0.5) is 0 Å². The largest absolute Gasteiger partial charge is 0.297 e. The van der Waals surface area contributed by atoms with Crippen LogP contribution in [-0.4, -0.2) is 5.78 Å². The van der Waals surface area contributed by atoms with E-state index in [0.717, 1.165) is 38.5 Å². The SMILES string of the molecule is CCCCCCCC1(C#N)CCCC(C)(C)C1=O. The number of nitrogens with zero attached hydrogens (tertiary/aromatic N) is 1. The molecule has 0 aromatic carbocycles. The van der Waals surface area contributed by atoms with Gasteiger partial charge in [-0.3, -0.25) is 4.79 Å². The average molecular weight is 249 g/mol. The third-order valence-electron chi connectivity index (χ3n) is 4.38. The topological polar surface area (TPSA) is 40.9 Å². The summed E-state index contributed by atoms with van der Waals surface area (Å²) in [6.45, 7) is 6.19. The number of rotatable bonds is 6. The van der Waals surface area contributed by atoms with E-state index in [1.807, 2.05) is 13.8 Å². The smallest absolute Gasteiger partial charge is 0.158 e. The first kappa shape index (κ1) is 15.2. The molecule has 2 nitrogen and oxygen atoms in total. The van der Waals surface area contributed by atoms with Crippen molar-refractivity contribution >= 4 is 5.78 Å². The van der Waals surface area contributed by atoms with E-state index in [4.69, 9.17) is 0 Å². The molecule has 102 valence electrons. The molecule has 1 aliphatic carbocycles. The van der Waals surface area contributed by atoms with Crippen LogP contribution in [0.25, 0.3) is 0 Å². The maximum atomic E-state index is 12.5. The molecule has 0 aromatic rings. The summed E-state index contributed by atoms with van der Waals surface area (Å²) in [5, 5.41) is 9.48. The molecule has 1 fully saturated rings. The van der Waals surface area contributed by atoms with E-state index in [0.29, 0.717) is 0 Å². The number of nitriles is 1. The highest BCUT2D eigenvalue weighted by atomic mass is 16.1. The summed E-state index contributed by atoms with van der Waals surface area (Å²) in [5.41, 5.74) is -0.967. The van der Waals surface area contributed by atoms with Crippen LogP contribution < -0.4 is 0 Å². The van der Waals surface area contributed by atoms with E-state index in [2.05, 4.69) is 13.0 Å². The molecule has 2 heteroatoms. The molecule has 0 aliphatic heterocycles. The average Bonchev–Trinajstić information content (AvgIpc) is 2.34. The van der Waals surface area contributed by atoms with Crippen LogP contribution in [0.15, 0.2) is 0 Å². The van der Waals surface area contributed by atoms with E-state index >= 15 is 0 Å². The van der Waals surface area contributed by atoms with Crippen molar-refractivity contribution in [1.82, 2.24) is 0 Å². The number of carbonyl (C=O) groups is 1. The Hall–Kier alpha value is -0.840. The number of ketones is 1. The van der Waals surface area contributed by atoms with Crippen molar-refractivity contribution in [3.63, 3.8) is 0 Å². The lowest BCUT2D eigenvalue weighted by atomic mass is 9.61. The summed E-state index contributed by atoms with van der Waals surface area (Å²) in [4.78, 5) is 12.5. The second-order valence-corrected chi connectivity index (χ2v) is 6.42. The van der Waals surface area contributed by atoms with Gasteiger partial charge in [-0.1, -0.05) is 59.3 Å². The fraction of sp³-hybridized carbons (Fsp3) is 0.875. The molecular weight excluding hydrogens is 222 g/mol. The van der Waals surface area contributed by atoms with Crippen LogP contribution in [0.3, 0.4) is 0 Å². The van der Waals surface area contributed by atoms with Gasteiger partial charge in [0.15, 0.2) is 5.78 Å². The molecule has 0 spiro atoms. The Morgan fingerprint density at radius 3 is 2.44 bits per heavy atom. The lowest BCUT2D eigenvalue weighted by Gasteiger charge is -2.39. The Bertz CT molecular complexity index is 326. The summed E-state index contributed by atoms with van der Waals surface area (Å²) in [7, 11) is 0. The Morgan fingerprint density at radius 1 is 1.17 bits per heavy atom. The van der Waals surface area contributed by atoms with Crippen molar-refractivity contribution in [2.45, 2.75) is 78.6 Å². The van der Waals surface area contributed by atoms with Crippen LogP contribution in [0, 0.1) is 22.2 Å². The van der Waals surface area contributed by atoms with Gasteiger partial charge in [0, 0.05) is 5.41 Å². The molecule has 0 aromatic heterocycles. The molecule has 1 unspecified atom stereocenters. The quantitative estimate of drug-likeness (QED) is 0.644. The highest BCUT2D eigenvalue weighted by Gasteiger charge is 2.48. The van der Waals surface area contributed by atoms with Gasteiger partial charge in [-0.25, -0.2) is 0 Å². The van der Waals surface area contributed by atoms with Crippen LogP contribution >= 0.6 is 0 Å². The fourth-order valence-corrected chi connectivity index (χ4v) is 3.14. The van der Waals surface area contributed by atoms with Gasteiger partial charge in [-0.15, -0.1) is 0 Å². The van der Waals surface area contributed by atoms with Crippen LogP contribution in [0.2, 0.25) is 0 Å². The molecule has 0 heterocycles. The van der Waals surface area contributed by atoms with Crippen LogP contribution in [0.1, 0.15) is 78.6 Å². The first-order valence-corrected chi connectivity index (χ1v) is 7.45. The highest BCUT2D eigenvalue weighted by Crippen LogP contribution is 2.45. The number of hydrogen-bond acceptors (Lipinski definition) is 2. The minimum absolute atomic E-state index is 0.194. The number of unbranched alkanes of at least 4 members (excludes halogenated alkanes) is 4. The maximum absolute atomic E-state index is 12.5. The molecule has 0 bridgehead atoms. The standard InChI is InChI=1S/C16H27NO/c1-4-5-6-7-8-11-16(13-17)12-9-10-15(2,3)14(16)18/h4-12H2,1-3H3. The van der Waals surface area contributed by atoms with Crippen molar-refractivity contribution in [3.8, 4) is 6.07 Å². The summed E-state index contributed by atoms with van der Waals surface area (Å²) >= 11 is 0. The fourth-order valence-electron chi connectivity index (χ4n) is 3.14. The molecular formula is C16H27NO. The highest BCUT2D eigenvalue weighted by molar-refractivity contribution is 5.92. The molecule has 1 atom stereocenters. The normalized spacial score (nSPS) is 26.9. The molecule has 0 N–H and O–H groups in total. The third-order valence-corrected chi connectivity index (χ3v) is 4.38. The number of Topliss-reactive ketones (excluding diaryl/α,β-unsaturated/α-hetero) is 1. The van der Waals surface area contributed by atoms with Crippen molar-refractivity contribution in [1.29, 1.82) is 5.26 Å². The second kappa shape index (κ2) is 6.36. The molecule has 18 heavy (non-hydrogen) atoms. The van der Waals surface area contributed by atoms with Gasteiger partial charge in [0.2, 0.25) is 0 Å². The van der Waals surface area contributed by atoms with E-state index < -0.39 is 5.41 Å². The zero-order chi connectivity index (χ0) is 13.6. The minimum atomic E-state index is -0.673. The van der Waals surface area contributed by atoms with E-state index in [1.165, 1.54) is 19.3 Å². The summed E-state index contributed by atoms with van der Waals surface area (Å²) in [5.74, 6) is 0.194. The van der Waals surface area contributed by atoms with E-state index in [9.17, 15) is 10.1 Å². The van der Waals surface area contributed by atoms with Gasteiger partial charge in [0.1, 0.15) is 5.41 Å². The van der Waals surface area contributed by atoms with E-state index in [-0.39, 0.29) is 11.2 Å². The molecule has 1 aliphatic rings. The van der Waals surface area contributed by atoms with Crippen molar-refractivity contribution < 1.29 is 4.79 Å². The second-order valence-electron chi connectivity index (χ2n) is 6.42. The molecule has 0 radical (unpaired) electrons. The monoisotopic (exact) mass is 249 g/mol. The number of hydrogen-bond donors (Lipinski definition) is 0. The first-order chi connectivity index (χ1) is 8.48. The van der Waals surface area contributed by atoms with Gasteiger partial charge < -0.3 is 0 Å². The van der Waals surface area contributed by atoms with Gasteiger partial charge >= 0.3 is 0 Å². The predicted molar refractivity (Wildman–Crippen MR) is 74.1 cm³/mol. The van der Waals surface area contributed by atoms with Gasteiger partial charge in [-0.05, 0) is 19.3 Å². The zero-order valence-corrected chi connectivity index (χ0v) is 12.2. The molecule has 1 rings (SSSR count). The minimum Gasteiger partial charge on any atom is -0.297 e. The predicted octanol–water partition coefficient (Wildman–Crippen LogP) is 4.64. The Labute approximate surface area is 112 Å². The zero-order valence-electron chi connectivity index (χ0n) is 12.2. The lowest BCUT2D eigenvalue weighted by Crippen LogP contribution is -2.43. The third kappa shape index (κ3) is 3.34. The Morgan fingerprint density at radius 2 is 1.83 bits per heavy atom. The van der Waals surface area contributed by atoms with Gasteiger partial charge in [0.25, 0.3) is 0 Å². The number of carbonyl (C=O) groups excluding carboxylic acids is 1. The summed E-state index contributed by atoms with van der Waals surface area (Å²) in [6, 6.07) is 2.36. The Kier molecular flexibility index (Phi) is 5.38. The van der Waals surface area contributed by atoms with Crippen molar-refractivity contribution in [3.05, 3.63) is 0 Å².